The third-order valence-electron chi connectivity index (χ3n) is 5.04. The van der Waals surface area contributed by atoms with Crippen molar-refractivity contribution in [2.24, 2.45) is 0 Å². The zero-order valence-electron chi connectivity index (χ0n) is 15.2. The van der Waals surface area contributed by atoms with E-state index in [0.29, 0.717) is 29.5 Å². The first kappa shape index (κ1) is 18.1. The molecule has 2 aliphatic heterocycles. The lowest BCUT2D eigenvalue weighted by Crippen LogP contribution is -2.35. The fourth-order valence-corrected chi connectivity index (χ4v) is 3.78. The average molecular weight is 388 g/mol. The van der Waals surface area contributed by atoms with Gasteiger partial charge >= 0.3 is 0 Å². The Kier molecular flexibility index (Phi) is 5.23. The molecule has 1 saturated heterocycles. The molecular weight excluding hydrogens is 366 g/mol. The lowest BCUT2D eigenvalue weighted by molar-refractivity contribution is -0.121. The number of hydrogen-bond donors (Lipinski definition) is 1. The summed E-state index contributed by atoms with van der Waals surface area (Å²) in [5.74, 6) is 1.29. The molecule has 2 aromatic carbocycles. The van der Waals surface area contributed by atoms with Crippen LogP contribution in [-0.2, 0) is 16.0 Å². The van der Waals surface area contributed by atoms with Crippen molar-refractivity contribution >= 4 is 17.5 Å². The summed E-state index contributed by atoms with van der Waals surface area (Å²) >= 11 is 6.01. The summed E-state index contributed by atoms with van der Waals surface area (Å²) in [5.41, 5.74) is 2.93. The maximum Gasteiger partial charge on any atom is 0.225 e. The quantitative estimate of drug-likeness (QED) is 0.850. The monoisotopic (exact) mass is 387 g/mol. The second-order valence-electron chi connectivity index (χ2n) is 6.88. The van der Waals surface area contributed by atoms with Crippen molar-refractivity contribution in [1.29, 1.82) is 0 Å². The number of rotatable bonds is 5. The molecule has 6 heteroatoms. The minimum absolute atomic E-state index is 0.0162. The lowest BCUT2D eigenvalue weighted by Gasteiger charge is -2.28. The summed E-state index contributed by atoms with van der Waals surface area (Å²) in [6.45, 7) is 1.28. The number of amides is 1. The summed E-state index contributed by atoms with van der Waals surface area (Å²) in [5, 5.41) is 3.73. The van der Waals surface area contributed by atoms with Crippen molar-refractivity contribution in [3.8, 4) is 11.5 Å². The number of hydrogen-bond acceptors (Lipinski definition) is 4. The number of nitrogens with one attached hydrogen (secondary N) is 1. The largest absolute Gasteiger partial charge is 0.493 e. The van der Waals surface area contributed by atoms with Gasteiger partial charge in [-0.05, 0) is 53.8 Å². The molecule has 1 N–H and O–H groups in total. The number of ether oxygens (including phenoxy) is 3. The molecule has 5 nitrogen and oxygen atoms in total. The number of carbonyl (C=O) groups is 1. The Morgan fingerprint density at radius 2 is 2.04 bits per heavy atom. The van der Waals surface area contributed by atoms with Crippen LogP contribution in [0.2, 0.25) is 5.02 Å². The highest BCUT2D eigenvalue weighted by Gasteiger charge is 2.28. The van der Waals surface area contributed by atoms with Crippen LogP contribution in [0, 0.1) is 0 Å². The summed E-state index contributed by atoms with van der Waals surface area (Å²) in [4.78, 5) is 12.2. The number of halogens is 1. The van der Waals surface area contributed by atoms with E-state index < -0.39 is 0 Å². The van der Waals surface area contributed by atoms with E-state index in [1.807, 2.05) is 36.4 Å². The van der Waals surface area contributed by atoms with Crippen molar-refractivity contribution < 1.29 is 19.0 Å². The highest BCUT2D eigenvalue weighted by atomic mass is 35.5. The highest BCUT2D eigenvalue weighted by molar-refractivity contribution is 6.30. The Labute approximate surface area is 163 Å². The van der Waals surface area contributed by atoms with Gasteiger partial charge in [-0.2, -0.15) is 0 Å². The lowest BCUT2D eigenvalue weighted by atomic mass is 9.89. The number of fused-ring (bicyclic) bond motifs is 1. The third kappa shape index (κ3) is 3.89. The van der Waals surface area contributed by atoms with Crippen LogP contribution in [0.3, 0.4) is 0 Å². The van der Waals surface area contributed by atoms with Gasteiger partial charge in [-0.3, -0.25) is 4.79 Å². The van der Waals surface area contributed by atoms with Crippen LogP contribution in [0.1, 0.15) is 35.6 Å². The second kappa shape index (κ2) is 7.79. The number of methoxy groups -OCH3 is 1. The fraction of sp³-hybridized carbons (Fsp3) is 0.381. The SMILES string of the molecule is COc1cc2c(cc1OCC1CCCO1)[C@@H](c1ccc(Cl)cc1)NC(=O)C2. The van der Waals surface area contributed by atoms with Gasteiger partial charge in [-0.25, -0.2) is 0 Å². The van der Waals surface area contributed by atoms with Crippen molar-refractivity contribution in [3.05, 3.63) is 58.1 Å². The van der Waals surface area contributed by atoms with E-state index in [1.54, 1.807) is 7.11 Å². The summed E-state index contributed by atoms with van der Waals surface area (Å²) in [6, 6.07) is 11.2. The molecule has 1 unspecified atom stereocenters. The fourth-order valence-electron chi connectivity index (χ4n) is 3.65. The zero-order chi connectivity index (χ0) is 18.8. The van der Waals surface area contributed by atoms with Crippen molar-refractivity contribution in [1.82, 2.24) is 5.32 Å². The van der Waals surface area contributed by atoms with E-state index in [-0.39, 0.29) is 18.1 Å². The van der Waals surface area contributed by atoms with Crippen molar-refractivity contribution in [2.45, 2.75) is 31.4 Å². The Hall–Kier alpha value is -2.24. The van der Waals surface area contributed by atoms with Crippen molar-refractivity contribution in [2.75, 3.05) is 20.3 Å². The Morgan fingerprint density at radius 3 is 2.74 bits per heavy atom. The van der Waals surface area contributed by atoms with Gasteiger partial charge in [0.15, 0.2) is 11.5 Å². The summed E-state index contributed by atoms with van der Waals surface area (Å²) < 4.78 is 17.2. The van der Waals surface area contributed by atoms with E-state index >= 15 is 0 Å². The van der Waals surface area contributed by atoms with Crippen LogP contribution >= 0.6 is 11.6 Å². The van der Waals surface area contributed by atoms with E-state index in [2.05, 4.69) is 5.32 Å². The molecule has 2 aliphatic rings. The molecule has 2 atom stereocenters. The van der Waals surface area contributed by atoms with E-state index in [0.717, 1.165) is 36.1 Å². The van der Waals surface area contributed by atoms with Gasteiger partial charge in [0.05, 0.1) is 25.7 Å². The number of carbonyl (C=O) groups excluding carboxylic acids is 1. The molecule has 4 rings (SSSR count). The van der Waals surface area contributed by atoms with Crippen LogP contribution in [0.5, 0.6) is 11.5 Å². The smallest absolute Gasteiger partial charge is 0.225 e. The summed E-state index contributed by atoms with van der Waals surface area (Å²) in [7, 11) is 1.61. The normalized spacial score (nSPS) is 21.5. The first-order valence-electron chi connectivity index (χ1n) is 9.14. The van der Waals surface area contributed by atoms with Gasteiger partial charge in [0.25, 0.3) is 0 Å². The molecule has 0 spiro atoms. The Bertz CT molecular complexity index is 831. The minimum Gasteiger partial charge on any atom is -0.493 e. The highest BCUT2D eigenvalue weighted by Crippen LogP contribution is 2.38. The van der Waals surface area contributed by atoms with Crippen LogP contribution in [0.15, 0.2) is 36.4 Å². The van der Waals surface area contributed by atoms with Gasteiger partial charge in [0, 0.05) is 11.6 Å². The molecule has 1 amide bonds. The molecule has 1 fully saturated rings. The first-order valence-corrected chi connectivity index (χ1v) is 9.52. The van der Waals surface area contributed by atoms with Gasteiger partial charge in [-0.1, -0.05) is 23.7 Å². The molecule has 27 heavy (non-hydrogen) atoms. The number of benzene rings is 2. The minimum atomic E-state index is -0.241. The van der Waals surface area contributed by atoms with Crippen LogP contribution < -0.4 is 14.8 Å². The van der Waals surface area contributed by atoms with E-state index in [1.165, 1.54) is 0 Å². The van der Waals surface area contributed by atoms with Crippen LogP contribution in [0.4, 0.5) is 0 Å². The molecule has 0 radical (unpaired) electrons. The van der Waals surface area contributed by atoms with E-state index in [4.69, 9.17) is 25.8 Å². The van der Waals surface area contributed by atoms with Gasteiger partial charge in [0.1, 0.15) is 6.61 Å². The van der Waals surface area contributed by atoms with E-state index in [9.17, 15) is 4.79 Å². The average Bonchev–Trinajstić information content (AvgIpc) is 3.19. The second-order valence-corrected chi connectivity index (χ2v) is 7.31. The topological polar surface area (TPSA) is 56.8 Å². The maximum absolute atomic E-state index is 12.2. The van der Waals surface area contributed by atoms with Gasteiger partial charge in [-0.15, -0.1) is 0 Å². The molecule has 2 heterocycles. The third-order valence-corrected chi connectivity index (χ3v) is 5.30. The van der Waals surface area contributed by atoms with Gasteiger partial charge in [0.2, 0.25) is 5.91 Å². The molecular formula is C21H22ClNO4. The van der Waals surface area contributed by atoms with Crippen LogP contribution in [0.25, 0.3) is 0 Å². The maximum atomic E-state index is 12.2. The Balaban J connectivity index is 1.67. The molecule has 142 valence electrons. The van der Waals surface area contributed by atoms with Crippen molar-refractivity contribution in [3.63, 3.8) is 0 Å². The molecule has 0 bridgehead atoms. The predicted molar refractivity (Wildman–Crippen MR) is 103 cm³/mol. The molecule has 0 saturated carbocycles. The van der Waals surface area contributed by atoms with Crippen LogP contribution in [-0.4, -0.2) is 32.3 Å². The first-order chi connectivity index (χ1) is 13.1. The predicted octanol–water partition coefficient (Wildman–Crippen LogP) is 3.67. The molecule has 2 aromatic rings. The standard InChI is InChI=1S/C21H22ClNO4/c1-25-18-9-14-10-20(24)23-21(13-4-6-15(22)7-5-13)17(14)11-19(18)27-12-16-3-2-8-26-16/h4-7,9,11,16,21H,2-3,8,10,12H2,1H3,(H,23,24)/t16?,21-/m1/s1. The molecule has 0 aromatic heterocycles. The molecule has 0 aliphatic carbocycles. The zero-order valence-corrected chi connectivity index (χ0v) is 15.9. The summed E-state index contributed by atoms with van der Waals surface area (Å²) in [6.07, 6.45) is 2.52. The Morgan fingerprint density at radius 1 is 1.22 bits per heavy atom. The van der Waals surface area contributed by atoms with Gasteiger partial charge < -0.3 is 19.5 Å².